The normalized spacial score (nSPS) is 11.9. The third-order valence-corrected chi connectivity index (χ3v) is 5.62. The Morgan fingerprint density at radius 3 is 1.89 bits per heavy atom. The number of hydrogen-bond acceptors (Lipinski definition) is 3. The van der Waals surface area contributed by atoms with Crippen LogP contribution in [0.25, 0.3) is 0 Å². The molecule has 0 bridgehead atoms. The monoisotopic (exact) mass is 393 g/mol. The summed E-state index contributed by atoms with van der Waals surface area (Å²) in [5, 5.41) is 9.05. The van der Waals surface area contributed by atoms with E-state index in [0.717, 1.165) is 17.4 Å². The lowest BCUT2D eigenvalue weighted by molar-refractivity contribution is 0.0696. The Morgan fingerprint density at radius 1 is 0.857 bits per heavy atom. The Hall–Kier alpha value is -3.09. The molecule has 0 aliphatic rings. The van der Waals surface area contributed by atoms with Crippen molar-refractivity contribution in [3.05, 3.63) is 101 Å². The highest BCUT2D eigenvalue weighted by molar-refractivity contribution is 7.82. The predicted molar refractivity (Wildman–Crippen MR) is 107 cm³/mol. The molecule has 1 unspecified atom stereocenters. The van der Waals surface area contributed by atoms with Crippen LogP contribution in [0.1, 0.15) is 31.8 Å². The smallest absolute Gasteiger partial charge is 0.335 e. The van der Waals surface area contributed by atoms with Gasteiger partial charge in [0, 0.05) is 18.7 Å². The first kappa shape index (κ1) is 19.7. The molecule has 0 aromatic heterocycles. The van der Waals surface area contributed by atoms with Crippen LogP contribution in [-0.4, -0.2) is 25.9 Å². The summed E-state index contributed by atoms with van der Waals surface area (Å²) in [4.78, 5) is 22.6. The fourth-order valence-corrected chi connectivity index (χ4v) is 3.94. The van der Waals surface area contributed by atoms with Crippen molar-refractivity contribution in [1.82, 2.24) is 4.31 Å². The summed E-state index contributed by atoms with van der Waals surface area (Å²) in [6.45, 7) is 0.804. The van der Waals surface area contributed by atoms with Crippen molar-refractivity contribution in [1.29, 1.82) is 0 Å². The molecule has 0 amide bonds. The van der Waals surface area contributed by atoms with E-state index in [1.54, 1.807) is 40.7 Å². The Balaban J connectivity index is 1.85. The molecule has 142 valence electrons. The number of carboxylic acid groups (broad SMARTS) is 1. The van der Waals surface area contributed by atoms with Crippen LogP contribution >= 0.6 is 0 Å². The van der Waals surface area contributed by atoms with E-state index in [0.29, 0.717) is 23.5 Å². The van der Waals surface area contributed by atoms with Gasteiger partial charge in [-0.25, -0.2) is 13.3 Å². The van der Waals surface area contributed by atoms with Crippen LogP contribution in [0, 0.1) is 0 Å². The van der Waals surface area contributed by atoms with E-state index < -0.39 is 17.0 Å². The van der Waals surface area contributed by atoms with Crippen molar-refractivity contribution < 1.29 is 18.9 Å². The highest BCUT2D eigenvalue weighted by atomic mass is 32.2. The van der Waals surface area contributed by atoms with Crippen molar-refractivity contribution in [3.63, 3.8) is 0 Å². The second-order valence-corrected chi connectivity index (χ2v) is 7.71. The van der Waals surface area contributed by atoms with Crippen LogP contribution in [0.2, 0.25) is 0 Å². The van der Waals surface area contributed by atoms with E-state index in [-0.39, 0.29) is 5.56 Å². The molecule has 0 heterocycles. The molecule has 0 aliphatic carbocycles. The fraction of sp³-hybridized carbons (Fsp3) is 0.0909. The van der Waals surface area contributed by atoms with E-state index in [2.05, 4.69) is 0 Å². The zero-order chi connectivity index (χ0) is 19.9. The lowest BCUT2D eigenvalue weighted by Crippen LogP contribution is -2.25. The molecule has 0 spiro atoms. The Morgan fingerprint density at radius 2 is 1.39 bits per heavy atom. The summed E-state index contributed by atoms with van der Waals surface area (Å²) in [6, 6.07) is 22.9. The summed E-state index contributed by atoms with van der Waals surface area (Å²) < 4.78 is 14.9. The van der Waals surface area contributed by atoms with Crippen LogP contribution in [-0.2, 0) is 24.1 Å². The molecule has 0 aliphatic heterocycles. The van der Waals surface area contributed by atoms with Crippen LogP contribution in [0.4, 0.5) is 0 Å². The quantitative estimate of drug-likeness (QED) is 0.589. The molecule has 1 atom stereocenters. The minimum Gasteiger partial charge on any atom is -0.478 e. The number of carboxylic acids is 1. The number of nitrogens with zero attached hydrogens (tertiary/aromatic N) is 1. The van der Waals surface area contributed by atoms with Gasteiger partial charge in [-0.2, -0.15) is 0 Å². The number of rotatable bonds is 8. The topological polar surface area (TPSA) is 74.7 Å². The number of aromatic carboxylic acids is 1. The minimum atomic E-state index is -1.40. The molecule has 28 heavy (non-hydrogen) atoms. The maximum Gasteiger partial charge on any atom is 0.335 e. The first-order chi connectivity index (χ1) is 13.6. The zero-order valence-electron chi connectivity index (χ0n) is 15.0. The van der Waals surface area contributed by atoms with E-state index >= 15 is 0 Å². The van der Waals surface area contributed by atoms with Gasteiger partial charge in [0.25, 0.3) is 0 Å². The minimum absolute atomic E-state index is 0.212. The Kier molecular flexibility index (Phi) is 6.47. The van der Waals surface area contributed by atoms with Crippen LogP contribution < -0.4 is 0 Å². The maximum absolute atomic E-state index is 13.1. The van der Waals surface area contributed by atoms with Gasteiger partial charge in [-0.1, -0.05) is 54.6 Å². The number of aldehydes is 1. The summed E-state index contributed by atoms with van der Waals surface area (Å²) in [6.07, 6.45) is 0.785. The van der Waals surface area contributed by atoms with Gasteiger partial charge in [-0.05, 0) is 35.4 Å². The molecule has 0 fully saturated rings. The van der Waals surface area contributed by atoms with Gasteiger partial charge in [0.15, 0.2) is 0 Å². The fourth-order valence-electron chi connectivity index (χ4n) is 2.72. The van der Waals surface area contributed by atoms with Gasteiger partial charge < -0.3 is 5.11 Å². The van der Waals surface area contributed by atoms with Gasteiger partial charge in [0.05, 0.1) is 10.5 Å². The first-order valence-corrected chi connectivity index (χ1v) is 9.76. The third-order valence-electron chi connectivity index (χ3n) is 4.21. The largest absolute Gasteiger partial charge is 0.478 e. The second-order valence-electron chi connectivity index (χ2n) is 6.22. The second kappa shape index (κ2) is 9.21. The van der Waals surface area contributed by atoms with Crippen molar-refractivity contribution >= 4 is 23.2 Å². The molecule has 0 saturated carbocycles. The number of benzene rings is 3. The molecule has 6 heteroatoms. The first-order valence-electron chi connectivity index (χ1n) is 8.65. The van der Waals surface area contributed by atoms with Crippen molar-refractivity contribution in [2.75, 3.05) is 0 Å². The van der Waals surface area contributed by atoms with Gasteiger partial charge in [-0.15, -0.1) is 0 Å². The number of carbonyl (C=O) groups is 2. The average molecular weight is 393 g/mol. The summed E-state index contributed by atoms with van der Waals surface area (Å²) in [5.41, 5.74) is 2.59. The van der Waals surface area contributed by atoms with Crippen molar-refractivity contribution in [2.24, 2.45) is 0 Å². The van der Waals surface area contributed by atoms with Crippen molar-refractivity contribution in [2.45, 2.75) is 18.0 Å². The number of carbonyl (C=O) groups excluding carboxylic acids is 1. The van der Waals surface area contributed by atoms with Gasteiger partial charge in [-0.3, -0.25) is 4.79 Å². The standard InChI is InChI=1S/C22H19NO4S/c24-16-19-8-6-17(7-9-19)14-23(28(27)21-4-2-1-3-5-21)15-18-10-12-20(13-11-18)22(25)26/h1-13,16H,14-15H2,(H,25,26). The Bertz CT molecular complexity index is 970. The van der Waals surface area contributed by atoms with Gasteiger partial charge >= 0.3 is 5.97 Å². The van der Waals surface area contributed by atoms with E-state index in [1.807, 2.05) is 42.5 Å². The zero-order valence-corrected chi connectivity index (χ0v) is 15.8. The molecule has 0 saturated heterocycles. The number of hydrogen-bond donors (Lipinski definition) is 1. The summed E-state index contributed by atoms with van der Waals surface area (Å²) in [7, 11) is -1.40. The lowest BCUT2D eigenvalue weighted by Gasteiger charge is -2.22. The Labute approximate surface area is 165 Å². The molecule has 0 radical (unpaired) electrons. The molecule has 3 rings (SSSR count). The highest BCUT2D eigenvalue weighted by Crippen LogP contribution is 2.18. The average Bonchev–Trinajstić information content (AvgIpc) is 2.74. The van der Waals surface area contributed by atoms with Gasteiger partial charge in [0.2, 0.25) is 0 Å². The molecular formula is C22H19NO4S. The highest BCUT2D eigenvalue weighted by Gasteiger charge is 2.17. The maximum atomic E-state index is 13.1. The summed E-state index contributed by atoms with van der Waals surface area (Å²) in [5.74, 6) is -0.980. The molecule has 3 aromatic rings. The molecule has 3 aromatic carbocycles. The predicted octanol–water partition coefficient (Wildman–Crippen LogP) is 3.92. The SMILES string of the molecule is O=Cc1ccc(CN(Cc2ccc(C(=O)O)cc2)S(=O)c2ccccc2)cc1. The van der Waals surface area contributed by atoms with Crippen LogP contribution in [0.15, 0.2) is 83.8 Å². The van der Waals surface area contributed by atoms with E-state index in [4.69, 9.17) is 5.11 Å². The summed E-state index contributed by atoms with van der Waals surface area (Å²) >= 11 is 0. The van der Waals surface area contributed by atoms with Gasteiger partial charge in [0.1, 0.15) is 17.3 Å². The molecule has 1 N–H and O–H groups in total. The third kappa shape index (κ3) is 5.00. The van der Waals surface area contributed by atoms with Crippen LogP contribution in [0.5, 0.6) is 0 Å². The molecule has 5 nitrogen and oxygen atoms in total. The van der Waals surface area contributed by atoms with Crippen LogP contribution in [0.3, 0.4) is 0 Å². The van der Waals surface area contributed by atoms with Crippen molar-refractivity contribution in [3.8, 4) is 0 Å². The molecular weight excluding hydrogens is 374 g/mol. The van der Waals surface area contributed by atoms with E-state index in [1.165, 1.54) is 0 Å². The van der Waals surface area contributed by atoms with E-state index in [9.17, 15) is 13.8 Å². The lowest BCUT2D eigenvalue weighted by atomic mass is 10.1.